The zero-order chi connectivity index (χ0) is 14.0. The molecule has 0 bridgehead atoms. The molecule has 0 aliphatic carbocycles. The van der Waals surface area contributed by atoms with E-state index in [0.29, 0.717) is 16.3 Å². The number of hydrogen-bond acceptors (Lipinski definition) is 1. The Morgan fingerprint density at radius 2 is 1.89 bits per heavy atom. The third kappa shape index (κ3) is 3.37. The highest BCUT2D eigenvalue weighted by Gasteiger charge is 2.09. The van der Waals surface area contributed by atoms with Crippen molar-refractivity contribution in [3.8, 4) is 0 Å². The molecule has 2 rings (SSSR count). The van der Waals surface area contributed by atoms with Gasteiger partial charge in [-0.15, -0.1) is 0 Å². The maximum absolute atomic E-state index is 12.2. The van der Waals surface area contributed by atoms with Crippen LogP contribution in [-0.4, -0.2) is 5.91 Å². The van der Waals surface area contributed by atoms with Crippen LogP contribution >= 0.6 is 27.5 Å². The van der Waals surface area contributed by atoms with Gasteiger partial charge in [0.2, 0.25) is 0 Å². The molecule has 0 aliphatic rings. The van der Waals surface area contributed by atoms with Gasteiger partial charge >= 0.3 is 0 Å². The summed E-state index contributed by atoms with van der Waals surface area (Å²) in [6.45, 7) is 3.94. The molecule has 0 radical (unpaired) electrons. The maximum Gasteiger partial charge on any atom is 0.255 e. The fourth-order valence-corrected chi connectivity index (χ4v) is 2.34. The van der Waals surface area contributed by atoms with E-state index in [1.165, 1.54) is 0 Å². The van der Waals surface area contributed by atoms with Crippen LogP contribution in [0.4, 0.5) is 5.69 Å². The third-order valence-electron chi connectivity index (χ3n) is 2.80. The van der Waals surface area contributed by atoms with Crippen molar-refractivity contribution in [3.63, 3.8) is 0 Å². The Kier molecular flexibility index (Phi) is 4.27. The molecular formula is C15H13BrClNO. The summed E-state index contributed by atoms with van der Waals surface area (Å²) in [6, 6.07) is 11.1. The number of carbonyl (C=O) groups is 1. The number of rotatable bonds is 2. The predicted molar refractivity (Wildman–Crippen MR) is 83.0 cm³/mol. The smallest absolute Gasteiger partial charge is 0.255 e. The van der Waals surface area contributed by atoms with Gasteiger partial charge in [-0.1, -0.05) is 29.3 Å². The van der Waals surface area contributed by atoms with Gasteiger partial charge in [0.1, 0.15) is 0 Å². The quantitative estimate of drug-likeness (QED) is 0.823. The van der Waals surface area contributed by atoms with E-state index in [-0.39, 0.29) is 5.91 Å². The van der Waals surface area contributed by atoms with Gasteiger partial charge in [-0.2, -0.15) is 0 Å². The van der Waals surface area contributed by atoms with Crippen molar-refractivity contribution < 1.29 is 4.79 Å². The van der Waals surface area contributed by atoms with E-state index < -0.39 is 0 Å². The minimum absolute atomic E-state index is 0.119. The van der Waals surface area contributed by atoms with E-state index in [1.807, 2.05) is 32.0 Å². The number of carbonyl (C=O) groups excluding carboxylic acids is 1. The van der Waals surface area contributed by atoms with Gasteiger partial charge in [-0.05, 0) is 59.6 Å². The van der Waals surface area contributed by atoms with Crippen LogP contribution in [0.25, 0.3) is 0 Å². The van der Waals surface area contributed by atoms with E-state index in [9.17, 15) is 4.79 Å². The van der Waals surface area contributed by atoms with Crippen LogP contribution < -0.4 is 5.32 Å². The summed E-state index contributed by atoms with van der Waals surface area (Å²) in [7, 11) is 0. The van der Waals surface area contributed by atoms with Crippen LogP contribution in [0.1, 0.15) is 21.5 Å². The maximum atomic E-state index is 12.2. The molecule has 0 aromatic heterocycles. The van der Waals surface area contributed by atoms with Gasteiger partial charge in [-0.25, -0.2) is 0 Å². The van der Waals surface area contributed by atoms with E-state index >= 15 is 0 Å². The van der Waals surface area contributed by atoms with Crippen molar-refractivity contribution in [1.82, 2.24) is 0 Å². The fraction of sp³-hybridized carbons (Fsp3) is 0.133. The average molecular weight is 339 g/mol. The van der Waals surface area contributed by atoms with Gasteiger partial charge in [-0.3, -0.25) is 4.79 Å². The van der Waals surface area contributed by atoms with Crippen molar-refractivity contribution in [1.29, 1.82) is 0 Å². The lowest BCUT2D eigenvalue weighted by Gasteiger charge is -2.09. The first-order valence-electron chi connectivity index (χ1n) is 5.81. The first-order valence-corrected chi connectivity index (χ1v) is 6.98. The lowest BCUT2D eigenvalue weighted by atomic mass is 10.1. The highest BCUT2D eigenvalue weighted by atomic mass is 79.9. The van der Waals surface area contributed by atoms with Crippen LogP contribution in [0.5, 0.6) is 0 Å². The molecule has 0 saturated carbocycles. The van der Waals surface area contributed by atoms with E-state index in [1.54, 1.807) is 18.2 Å². The van der Waals surface area contributed by atoms with Crippen LogP contribution in [0.2, 0.25) is 5.02 Å². The normalized spacial score (nSPS) is 10.3. The Hall–Kier alpha value is -1.32. The summed E-state index contributed by atoms with van der Waals surface area (Å²) in [5.74, 6) is -0.119. The molecule has 0 aliphatic heterocycles. The molecule has 2 aromatic rings. The SMILES string of the molecule is Cc1ccc(C(=O)Nc2ccc(Cl)c(Br)c2)c(C)c1. The molecule has 19 heavy (non-hydrogen) atoms. The summed E-state index contributed by atoms with van der Waals surface area (Å²) in [5.41, 5.74) is 3.49. The highest BCUT2D eigenvalue weighted by Crippen LogP contribution is 2.26. The van der Waals surface area contributed by atoms with Crippen LogP contribution in [0.3, 0.4) is 0 Å². The Bertz CT molecular complexity index is 640. The van der Waals surface area contributed by atoms with Crippen LogP contribution in [-0.2, 0) is 0 Å². The van der Waals surface area contributed by atoms with Gasteiger partial charge in [0.25, 0.3) is 5.91 Å². The lowest BCUT2D eigenvalue weighted by molar-refractivity contribution is 0.102. The number of amides is 1. The molecular weight excluding hydrogens is 326 g/mol. The van der Waals surface area contributed by atoms with E-state index in [4.69, 9.17) is 11.6 Å². The molecule has 0 saturated heterocycles. The molecule has 2 nitrogen and oxygen atoms in total. The first kappa shape index (κ1) is 14.1. The summed E-state index contributed by atoms with van der Waals surface area (Å²) in [4.78, 5) is 12.2. The second kappa shape index (κ2) is 5.76. The monoisotopic (exact) mass is 337 g/mol. The summed E-state index contributed by atoms with van der Waals surface area (Å²) in [5, 5.41) is 3.47. The fourth-order valence-electron chi connectivity index (χ4n) is 1.84. The standard InChI is InChI=1S/C15H13BrClNO/c1-9-3-5-12(10(2)7-9)15(19)18-11-4-6-14(17)13(16)8-11/h3-8H,1-2H3,(H,18,19). The number of aryl methyl sites for hydroxylation is 2. The minimum Gasteiger partial charge on any atom is -0.322 e. The Balaban J connectivity index is 2.23. The van der Waals surface area contributed by atoms with Crippen molar-refractivity contribution in [3.05, 3.63) is 62.6 Å². The van der Waals surface area contributed by atoms with Crippen molar-refractivity contribution in [2.75, 3.05) is 5.32 Å². The van der Waals surface area contributed by atoms with Gasteiger partial charge in [0.05, 0.1) is 5.02 Å². The summed E-state index contributed by atoms with van der Waals surface area (Å²) < 4.78 is 0.757. The molecule has 1 N–H and O–H groups in total. The molecule has 0 atom stereocenters. The average Bonchev–Trinajstić information content (AvgIpc) is 2.33. The van der Waals surface area contributed by atoms with Crippen LogP contribution in [0.15, 0.2) is 40.9 Å². The Morgan fingerprint density at radius 1 is 1.16 bits per heavy atom. The second-order valence-corrected chi connectivity index (χ2v) is 5.66. The molecule has 1 amide bonds. The third-order valence-corrected chi connectivity index (χ3v) is 4.02. The van der Waals surface area contributed by atoms with Gasteiger partial charge in [0, 0.05) is 15.7 Å². The minimum atomic E-state index is -0.119. The van der Waals surface area contributed by atoms with E-state index in [0.717, 1.165) is 15.6 Å². The Morgan fingerprint density at radius 3 is 2.53 bits per heavy atom. The van der Waals surface area contributed by atoms with E-state index in [2.05, 4.69) is 21.2 Å². The van der Waals surface area contributed by atoms with Gasteiger partial charge < -0.3 is 5.32 Å². The molecule has 0 spiro atoms. The molecule has 0 heterocycles. The second-order valence-electron chi connectivity index (χ2n) is 4.40. The number of benzene rings is 2. The molecule has 0 unspecified atom stereocenters. The lowest BCUT2D eigenvalue weighted by Crippen LogP contribution is -2.13. The van der Waals surface area contributed by atoms with Crippen molar-refractivity contribution >= 4 is 39.1 Å². The largest absolute Gasteiger partial charge is 0.322 e. The zero-order valence-electron chi connectivity index (χ0n) is 10.6. The molecule has 98 valence electrons. The van der Waals surface area contributed by atoms with Crippen LogP contribution in [0, 0.1) is 13.8 Å². The summed E-state index contributed by atoms with van der Waals surface area (Å²) >= 11 is 9.25. The topological polar surface area (TPSA) is 29.1 Å². The number of hydrogen-bond donors (Lipinski definition) is 1. The van der Waals surface area contributed by atoms with Gasteiger partial charge in [0.15, 0.2) is 0 Å². The molecule has 2 aromatic carbocycles. The number of halogens is 2. The predicted octanol–water partition coefficient (Wildman–Crippen LogP) is 4.97. The Labute approximate surface area is 125 Å². The summed E-state index contributed by atoms with van der Waals surface area (Å²) in [6.07, 6.45) is 0. The number of nitrogens with one attached hydrogen (secondary N) is 1. The molecule has 0 fully saturated rings. The highest BCUT2D eigenvalue weighted by molar-refractivity contribution is 9.10. The number of anilines is 1. The van der Waals surface area contributed by atoms with Crippen molar-refractivity contribution in [2.45, 2.75) is 13.8 Å². The first-order chi connectivity index (χ1) is 8.97. The zero-order valence-corrected chi connectivity index (χ0v) is 13.0. The molecule has 4 heteroatoms. The van der Waals surface area contributed by atoms with Crippen molar-refractivity contribution in [2.24, 2.45) is 0 Å².